The van der Waals surface area contributed by atoms with Crippen LogP contribution in [-0.2, 0) is 9.53 Å². The van der Waals surface area contributed by atoms with Crippen LogP contribution in [0, 0.1) is 5.82 Å². The molecule has 1 aromatic rings. The number of halogens is 1. The van der Waals surface area contributed by atoms with Crippen molar-refractivity contribution in [1.82, 2.24) is 0 Å². The first-order valence-corrected chi connectivity index (χ1v) is 4.66. The first-order valence-electron chi connectivity index (χ1n) is 4.66. The average molecular weight is 211 g/mol. The summed E-state index contributed by atoms with van der Waals surface area (Å²) in [6.07, 6.45) is 0.150. The number of methoxy groups -OCH3 is 1. The molecular weight excluding hydrogens is 197 g/mol. The molecule has 82 valence electrons. The Hall–Kier alpha value is -1.58. The summed E-state index contributed by atoms with van der Waals surface area (Å²) in [5.41, 5.74) is 6.48. The van der Waals surface area contributed by atoms with Gasteiger partial charge in [-0.2, -0.15) is 0 Å². The van der Waals surface area contributed by atoms with E-state index in [4.69, 9.17) is 5.73 Å². The SMILES string of the molecule is COC(=O)CC(C)c1cc(N)ccc1F. The number of esters is 1. The standard InChI is InChI=1S/C11H14FNO2/c1-7(5-11(14)15-2)9-6-8(13)3-4-10(9)12/h3-4,6-7H,5,13H2,1-2H3. The van der Waals surface area contributed by atoms with Gasteiger partial charge in [-0.3, -0.25) is 4.79 Å². The Labute approximate surface area is 88.0 Å². The van der Waals surface area contributed by atoms with Crippen LogP contribution in [0.3, 0.4) is 0 Å². The van der Waals surface area contributed by atoms with Gasteiger partial charge < -0.3 is 10.5 Å². The molecule has 0 aliphatic carbocycles. The van der Waals surface area contributed by atoms with Crippen LogP contribution in [0.25, 0.3) is 0 Å². The maximum atomic E-state index is 13.4. The summed E-state index contributed by atoms with van der Waals surface area (Å²) in [5.74, 6) is -0.939. The van der Waals surface area contributed by atoms with Crippen molar-refractivity contribution in [1.29, 1.82) is 0 Å². The molecule has 1 atom stereocenters. The molecule has 1 rings (SSSR count). The lowest BCUT2D eigenvalue weighted by Gasteiger charge is -2.11. The molecule has 0 saturated carbocycles. The second kappa shape index (κ2) is 4.77. The van der Waals surface area contributed by atoms with E-state index < -0.39 is 0 Å². The molecule has 0 aromatic heterocycles. The van der Waals surface area contributed by atoms with E-state index in [-0.39, 0.29) is 24.1 Å². The fourth-order valence-electron chi connectivity index (χ4n) is 1.38. The van der Waals surface area contributed by atoms with Gasteiger partial charge in [0.2, 0.25) is 0 Å². The van der Waals surface area contributed by atoms with Crippen molar-refractivity contribution in [2.75, 3.05) is 12.8 Å². The number of nitrogens with two attached hydrogens (primary N) is 1. The van der Waals surface area contributed by atoms with Crippen LogP contribution >= 0.6 is 0 Å². The van der Waals surface area contributed by atoms with Crippen molar-refractivity contribution in [3.63, 3.8) is 0 Å². The van der Waals surface area contributed by atoms with E-state index in [1.807, 2.05) is 0 Å². The van der Waals surface area contributed by atoms with Crippen LogP contribution in [0.5, 0.6) is 0 Å². The Morgan fingerprint density at radius 2 is 2.27 bits per heavy atom. The molecule has 2 N–H and O–H groups in total. The lowest BCUT2D eigenvalue weighted by Crippen LogP contribution is -2.07. The lowest BCUT2D eigenvalue weighted by molar-refractivity contribution is -0.140. The van der Waals surface area contributed by atoms with Gasteiger partial charge in [0.25, 0.3) is 0 Å². The zero-order valence-electron chi connectivity index (χ0n) is 8.79. The van der Waals surface area contributed by atoms with Crippen molar-refractivity contribution >= 4 is 11.7 Å². The third-order valence-corrected chi connectivity index (χ3v) is 2.25. The van der Waals surface area contributed by atoms with E-state index in [9.17, 15) is 9.18 Å². The Kier molecular flexibility index (Phi) is 3.66. The minimum Gasteiger partial charge on any atom is -0.469 e. The monoisotopic (exact) mass is 211 g/mol. The number of anilines is 1. The van der Waals surface area contributed by atoms with Crippen LogP contribution < -0.4 is 5.73 Å². The van der Waals surface area contributed by atoms with Gasteiger partial charge in [-0.05, 0) is 29.7 Å². The highest BCUT2D eigenvalue weighted by Crippen LogP contribution is 2.24. The van der Waals surface area contributed by atoms with E-state index in [2.05, 4.69) is 4.74 Å². The smallest absolute Gasteiger partial charge is 0.306 e. The topological polar surface area (TPSA) is 52.3 Å². The minimum absolute atomic E-state index is 0.150. The third-order valence-electron chi connectivity index (χ3n) is 2.25. The van der Waals surface area contributed by atoms with Crippen molar-refractivity contribution in [2.45, 2.75) is 19.3 Å². The Morgan fingerprint density at radius 3 is 2.87 bits per heavy atom. The minimum atomic E-state index is -0.357. The number of ether oxygens (including phenoxy) is 1. The molecule has 0 aliphatic heterocycles. The second-order valence-electron chi connectivity index (χ2n) is 3.46. The number of carbonyl (C=O) groups is 1. The fourth-order valence-corrected chi connectivity index (χ4v) is 1.38. The van der Waals surface area contributed by atoms with E-state index in [0.717, 1.165) is 0 Å². The number of hydrogen-bond acceptors (Lipinski definition) is 3. The summed E-state index contributed by atoms with van der Waals surface area (Å²) < 4.78 is 17.9. The average Bonchev–Trinajstić information content (AvgIpc) is 2.21. The van der Waals surface area contributed by atoms with E-state index in [0.29, 0.717) is 11.3 Å². The molecule has 0 fully saturated rings. The Bertz CT molecular complexity index is 366. The van der Waals surface area contributed by atoms with Crippen molar-refractivity contribution in [3.05, 3.63) is 29.6 Å². The third kappa shape index (κ3) is 2.94. The number of carbonyl (C=O) groups excluding carboxylic acids is 1. The van der Waals surface area contributed by atoms with Gasteiger partial charge in [0, 0.05) is 5.69 Å². The van der Waals surface area contributed by atoms with Gasteiger partial charge >= 0.3 is 5.97 Å². The molecular formula is C11H14FNO2. The van der Waals surface area contributed by atoms with E-state index >= 15 is 0 Å². The number of nitrogen functional groups attached to an aromatic ring is 1. The highest BCUT2D eigenvalue weighted by atomic mass is 19.1. The summed E-state index contributed by atoms with van der Waals surface area (Å²) in [5, 5.41) is 0. The molecule has 0 saturated heterocycles. The first-order chi connectivity index (χ1) is 7.04. The summed E-state index contributed by atoms with van der Waals surface area (Å²) in [6, 6.07) is 4.34. The second-order valence-corrected chi connectivity index (χ2v) is 3.46. The molecule has 1 aromatic carbocycles. The molecule has 0 amide bonds. The largest absolute Gasteiger partial charge is 0.469 e. The molecule has 0 spiro atoms. The molecule has 0 aliphatic rings. The van der Waals surface area contributed by atoms with Gasteiger partial charge in [-0.1, -0.05) is 6.92 Å². The van der Waals surface area contributed by atoms with Crippen LogP contribution in [0.15, 0.2) is 18.2 Å². The van der Waals surface area contributed by atoms with Crippen LogP contribution in [0.1, 0.15) is 24.8 Å². The first kappa shape index (κ1) is 11.5. The van der Waals surface area contributed by atoms with Gasteiger partial charge in [0.1, 0.15) is 5.82 Å². The predicted molar refractivity (Wildman–Crippen MR) is 55.9 cm³/mol. The summed E-state index contributed by atoms with van der Waals surface area (Å²) in [6.45, 7) is 1.76. The molecule has 1 unspecified atom stereocenters. The zero-order chi connectivity index (χ0) is 11.4. The van der Waals surface area contributed by atoms with Crippen LogP contribution in [0.2, 0.25) is 0 Å². The zero-order valence-corrected chi connectivity index (χ0v) is 8.79. The van der Waals surface area contributed by atoms with Crippen molar-refractivity contribution in [2.24, 2.45) is 0 Å². The lowest BCUT2D eigenvalue weighted by atomic mass is 9.97. The highest BCUT2D eigenvalue weighted by Gasteiger charge is 2.15. The van der Waals surface area contributed by atoms with Gasteiger partial charge in [0.15, 0.2) is 0 Å². The maximum Gasteiger partial charge on any atom is 0.306 e. The summed E-state index contributed by atoms with van der Waals surface area (Å²) >= 11 is 0. The fraction of sp³-hybridized carbons (Fsp3) is 0.364. The van der Waals surface area contributed by atoms with Crippen molar-refractivity contribution in [3.8, 4) is 0 Å². The van der Waals surface area contributed by atoms with Gasteiger partial charge in [-0.15, -0.1) is 0 Å². The molecule has 0 radical (unpaired) electrons. The van der Waals surface area contributed by atoms with Crippen LogP contribution in [-0.4, -0.2) is 13.1 Å². The number of hydrogen-bond donors (Lipinski definition) is 1. The molecule has 4 heteroatoms. The number of rotatable bonds is 3. The molecule has 3 nitrogen and oxygen atoms in total. The number of benzene rings is 1. The molecule has 15 heavy (non-hydrogen) atoms. The van der Waals surface area contributed by atoms with E-state index in [1.165, 1.54) is 19.2 Å². The summed E-state index contributed by atoms with van der Waals surface area (Å²) in [4.78, 5) is 11.0. The molecule has 0 bridgehead atoms. The quantitative estimate of drug-likeness (QED) is 0.615. The maximum absolute atomic E-state index is 13.4. The highest BCUT2D eigenvalue weighted by molar-refractivity contribution is 5.70. The van der Waals surface area contributed by atoms with Crippen LogP contribution in [0.4, 0.5) is 10.1 Å². The van der Waals surface area contributed by atoms with Crippen molar-refractivity contribution < 1.29 is 13.9 Å². The van der Waals surface area contributed by atoms with Gasteiger partial charge in [-0.25, -0.2) is 4.39 Å². The Morgan fingerprint density at radius 1 is 1.60 bits per heavy atom. The predicted octanol–water partition coefficient (Wildman–Crippen LogP) is 2.07. The molecule has 0 heterocycles. The summed E-state index contributed by atoms with van der Waals surface area (Å²) in [7, 11) is 1.31. The van der Waals surface area contributed by atoms with E-state index in [1.54, 1.807) is 13.0 Å². The van der Waals surface area contributed by atoms with Gasteiger partial charge in [0.05, 0.1) is 13.5 Å². The normalized spacial score (nSPS) is 12.2. The Balaban J connectivity index is 2.85.